The van der Waals surface area contributed by atoms with Gasteiger partial charge in [0.15, 0.2) is 11.5 Å². The Morgan fingerprint density at radius 1 is 1.24 bits per heavy atom. The molecule has 2 unspecified atom stereocenters. The van der Waals surface area contributed by atoms with Crippen molar-refractivity contribution >= 4 is 0 Å². The molecule has 1 aliphatic carbocycles. The second-order valence-corrected chi connectivity index (χ2v) is 5.09. The zero-order chi connectivity index (χ0) is 12.5. The van der Waals surface area contributed by atoms with Crippen molar-refractivity contribution in [2.75, 3.05) is 0 Å². The van der Waals surface area contributed by atoms with Crippen LogP contribution in [0.15, 0.2) is 18.2 Å². The zero-order valence-electron chi connectivity index (χ0n) is 9.89. The third-order valence-corrected chi connectivity index (χ3v) is 3.72. The molecule has 4 nitrogen and oxygen atoms in total. The van der Waals surface area contributed by atoms with Gasteiger partial charge in [0, 0.05) is 11.6 Å². The monoisotopic (exact) mass is 236 g/mol. The first-order valence-electron chi connectivity index (χ1n) is 6.06. The van der Waals surface area contributed by atoms with E-state index in [4.69, 9.17) is 11.5 Å². The fourth-order valence-electron chi connectivity index (χ4n) is 2.57. The van der Waals surface area contributed by atoms with E-state index in [0.717, 1.165) is 31.2 Å². The van der Waals surface area contributed by atoms with Crippen LogP contribution in [0.5, 0.6) is 11.5 Å². The molecule has 4 heteroatoms. The quantitative estimate of drug-likeness (QED) is 0.581. The zero-order valence-corrected chi connectivity index (χ0v) is 9.89. The molecule has 94 valence electrons. The number of phenolic OH excluding ortho intramolecular Hbond substituents is 2. The van der Waals surface area contributed by atoms with Gasteiger partial charge in [-0.05, 0) is 37.0 Å². The lowest BCUT2D eigenvalue weighted by Gasteiger charge is -2.39. The fourth-order valence-corrected chi connectivity index (χ4v) is 2.57. The SMILES string of the molecule is NC1CCCCC1(N)Cc1ccc(O)c(O)c1. The molecule has 1 fully saturated rings. The second kappa shape index (κ2) is 4.55. The van der Waals surface area contributed by atoms with E-state index in [1.807, 2.05) is 0 Å². The Hall–Kier alpha value is -1.26. The largest absolute Gasteiger partial charge is 0.504 e. The van der Waals surface area contributed by atoms with Crippen molar-refractivity contribution in [2.24, 2.45) is 11.5 Å². The van der Waals surface area contributed by atoms with Crippen LogP contribution in [0.4, 0.5) is 0 Å². The number of hydrogen-bond acceptors (Lipinski definition) is 4. The molecule has 1 aromatic carbocycles. The maximum absolute atomic E-state index is 9.46. The van der Waals surface area contributed by atoms with Gasteiger partial charge in [0.1, 0.15) is 0 Å². The van der Waals surface area contributed by atoms with E-state index in [1.165, 1.54) is 6.07 Å². The predicted octanol–water partition coefficient (Wildman–Crippen LogP) is 1.24. The number of phenols is 2. The summed E-state index contributed by atoms with van der Waals surface area (Å²) in [6.07, 6.45) is 4.76. The lowest BCUT2D eigenvalue weighted by molar-refractivity contribution is 0.250. The van der Waals surface area contributed by atoms with E-state index in [-0.39, 0.29) is 23.1 Å². The van der Waals surface area contributed by atoms with Crippen LogP contribution in [0, 0.1) is 0 Å². The molecule has 1 aliphatic rings. The Morgan fingerprint density at radius 3 is 2.65 bits per heavy atom. The average Bonchev–Trinajstić information content (AvgIpc) is 2.28. The standard InChI is InChI=1S/C13H20N2O2/c14-12-3-1-2-6-13(12,15)8-9-4-5-10(16)11(17)7-9/h4-5,7,12,16-17H,1-3,6,8,14-15H2. The summed E-state index contributed by atoms with van der Waals surface area (Å²) in [5, 5.41) is 18.7. The van der Waals surface area contributed by atoms with Gasteiger partial charge in [-0.15, -0.1) is 0 Å². The van der Waals surface area contributed by atoms with Crippen LogP contribution in [0.3, 0.4) is 0 Å². The smallest absolute Gasteiger partial charge is 0.157 e. The van der Waals surface area contributed by atoms with E-state index < -0.39 is 0 Å². The van der Waals surface area contributed by atoms with Crippen LogP contribution in [0.2, 0.25) is 0 Å². The number of rotatable bonds is 2. The first-order valence-corrected chi connectivity index (χ1v) is 6.06. The number of aromatic hydroxyl groups is 2. The molecule has 0 radical (unpaired) electrons. The van der Waals surface area contributed by atoms with Gasteiger partial charge in [0.2, 0.25) is 0 Å². The molecule has 0 heterocycles. The Balaban J connectivity index is 2.16. The normalized spacial score (nSPS) is 29.2. The minimum atomic E-state index is -0.387. The molecule has 0 bridgehead atoms. The van der Waals surface area contributed by atoms with E-state index in [9.17, 15) is 10.2 Å². The molecule has 17 heavy (non-hydrogen) atoms. The van der Waals surface area contributed by atoms with Crippen LogP contribution < -0.4 is 11.5 Å². The molecule has 0 saturated heterocycles. The van der Waals surface area contributed by atoms with Gasteiger partial charge >= 0.3 is 0 Å². The van der Waals surface area contributed by atoms with Crippen LogP contribution in [-0.4, -0.2) is 21.8 Å². The van der Waals surface area contributed by atoms with E-state index in [2.05, 4.69) is 0 Å². The van der Waals surface area contributed by atoms with Gasteiger partial charge < -0.3 is 21.7 Å². The minimum Gasteiger partial charge on any atom is -0.504 e. The van der Waals surface area contributed by atoms with E-state index in [0.29, 0.717) is 6.42 Å². The third kappa shape index (κ3) is 2.53. The Morgan fingerprint density at radius 2 is 2.00 bits per heavy atom. The summed E-state index contributed by atoms with van der Waals surface area (Å²) in [5.41, 5.74) is 13.0. The fraction of sp³-hybridized carbons (Fsp3) is 0.538. The molecule has 2 atom stereocenters. The highest BCUT2D eigenvalue weighted by Gasteiger charge is 2.34. The van der Waals surface area contributed by atoms with Crippen LogP contribution in [0.1, 0.15) is 31.2 Å². The Labute approximate surface area is 101 Å². The molecule has 2 rings (SSSR count). The van der Waals surface area contributed by atoms with Crippen molar-refractivity contribution in [3.8, 4) is 11.5 Å². The van der Waals surface area contributed by atoms with Crippen LogP contribution in [0.25, 0.3) is 0 Å². The number of nitrogens with two attached hydrogens (primary N) is 2. The van der Waals surface area contributed by atoms with Crippen molar-refractivity contribution in [1.82, 2.24) is 0 Å². The highest BCUT2D eigenvalue weighted by Crippen LogP contribution is 2.31. The summed E-state index contributed by atoms with van der Waals surface area (Å²) >= 11 is 0. The van der Waals surface area contributed by atoms with E-state index >= 15 is 0 Å². The summed E-state index contributed by atoms with van der Waals surface area (Å²) in [7, 11) is 0. The van der Waals surface area contributed by atoms with Gasteiger partial charge in [-0.2, -0.15) is 0 Å². The molecule has 0 aliphatic heterocycles. The summed E-state index contributed by atoms with van der Waals surface area (Å²) in [5.74, 6) is -0.205. The molecule has 1 saturated carbocycles. The molecule has 1 aromatic rings. The van der Waals surface area contributed by atoms with E-state index in [1.54, 1.807) is 12.1 Å². The summed E-state index contributed by atoms with van der Waals surface area (Å²) < 4.78 is 0. The van der Waals surface area contributed by atoms with Crippen molar-refractivity contribution in [2.45, 2.75) is 43.7 Å². The Bertz CT molecular complexity index is 408. The summed E-state index contributed by atoms with van der Waals surface area (Å²) in [6.45, 7) is 0. The lowest BCUT2D eigenvalue weighted by atomic mass is 9.75. The van der Waals surface area contributed by atoms with Crippen molar-refractivity contribution in [3.05, 3.63) is 23.8 Å². The molecule has 6 N–H and O–H groups in total. The first-order chi connectivity index (χ1) is 8.01. The lowest BCUT2D eigenvalue weighted by Crippen LogP contribution is -2.58. The number of benzene rings is 1. The van der Waals surface area contributed by atoms with Crippen molar-refractivity contribution in [1.29, 1.82) is 0 Å². The first kappa shape index (κ1) is 12.2. The topological polar surface area (TPSA) is 92.5 Å². The van der Waals surface area contributed by atoms with Gasteiger partial charge in [0.05, 0.1) is 0 Å². The third-order valence-electron chi connectivity index (χ3n) is 3.72. The maximum atomic E-state index is 9.46. The van der Waals surface area contributed by atoms with Crippen LogP contribution >= 0.6 is 0 Å². The molecular weight excluding hydrogens is 216 g/mol. The molecule has 0 amide bonds. The van der Waals surface area contributed by atoms with Gasteiger partial charge in [-0.25, -0.2) is 0 Å². The summed E-state index contributed by atoms with van der Waals surface area (Å²) in [4.78, 5) is 0. The van der Waals surface area contributed by atoms with Gasteiger partial charge in [0.25, 0.3) is 0 Å². The number of hydrogen-bond donors (Lipinski definition) is 4. The predicted molar refractivity (Wildman–Crippen MR) is 66.8 cm³/mol. The van der Waals surface area contributed by atoms with Crippen molar-refractivity contribution in [3.63, 3.8) is 0 Å². The highest BCUT2D eigenvalue weighted by molar-refractivity contribution is 5.41. The Kier molecular flexibility index (Phi) is 3.26. The molecule has 0 aromatic heterocycles. The maximum Gasteiger partial charge on any atom is 0.157 e. The molecular formula is C13H20N2O2. The van der Waals surface area contributed by atoms with Crippen LogP contribution in [-0.2, 0) is 6.42 Å². The van der Waals surface area contributed by atoms with Gasteiger partial charge in [-0.1, -0.05) is 18.9 Å². The van der Waals surface area contributed by atoms with Crippen molar-refractivity contribution < 1.29 is 10.2 Å². The molecule has 0 spiro atoms. The van der Waals surface area contributed by atoms with Gasteiger partial charge in [-0.3, -0.25) is 0 Å². The second-order valence-electron chi connectivity index (χ2n) is 5.09. The summed E-state index contributed by atoms with van der Waals surface area (Å²) in [6, 6.07) is 4.84. The average molecular weight is 236 g/mol. The highest BCUT2D eigenvalue weighted by atomic mass is 16.3. The minimum absolute atomic E-state index is 0.00666.